The number of hydrogen-bond acceptors (Lipinski definition) is 3. The van der Waals surface area contributed by atoms with Gasteiger partial charge in [-0.15, -0.1) is 11.3 Å². The zero-order valence-electron chi connectivity index (χ0n) is 8.03. The van der Waals surface area contributed by atoms with Crippen LogP contribution in [-0.2, 0) is 4.79 Å². The Morgan fingerprint density at radius 2 is 2.21 bits per heavy atom. The highest BCUT2D eigenvalue weighted by Crippen LogP contribution is 2.32. The molecule has 0 saturated heterocycles. The van der Waals surface area contributed by atoms with E-state index in [2.05, 4.69) is 6.07 Å². The first-order chi connectivity index (χ1) is 6.66. The summed E-state index contributed by atoms with van der Waals surface area (Å²) in [4.78, 5) is 10.8. The van der Waals surface area contributed by atoms with Gasteiger partial charge in [-0.05, 0) is 19.1 Å². The topological polar surface area (TPSA) is 26.3 Å². The third-order valence-corrected chi connectivity index (χ3v) is 2.89. The monoisotopic (exact) mass is 206 g/mol. The maximum absolute atomic E-state index is 10.8. The molecule has 72 valence electrons. The molecule has 0 radical (unpaired) electrons. The minimum atomic E-state index is -0.272. The highest BCUT2D eigenvalue weighted by Gasteiger charge is 2.06. The third kappa shape index (κ3) is 1.63. The van der Waals surface area contributed by atoms with E-state index >= 15 is 0 Å². The summed E-state index contributed by atoms with van der Waals surface area (Å²) < 4.78 is 6.24. The molecule has 2 rings (SSSR count). The van der Waals surface area contributed by atoms with Crippen molar-refractivity contribution in [3.8, 4) is 5.75 Å². The molecule has 0 aliphatic heterocycles. The smallest absolute Gasteiger partial charge is 0.308 e. The molecule has 0 atom stereocenters. The van der Waals surface area contributed by atoms with Crippen molar-refractivity contribution in [1.29, 1.82) is 0 Å². The van der Waals surface area contributed by atoms with Gasteiger partial charge in [0.25, 0.3) is 0 Å². The number of rotatable bonds is 1. The number of thiophene rings is 1. The summed E-state index contributed by atoms with van der Waals surface area (Å²) in [5.74, 6) is 0.396. The van der Waals surface area contributed by atoms with Gasteiger partial charge in [-0.25, -0.2) is 0 Å². The zero-order chi connectivity index (χ0) is 10.1. The molecule has 3 heteroatoms. The molecule has 0 fully saturated rings. The van der Waals surface area contributed by atoms with Crippen LogP contribution in [0.25, 0.3) is 10.1 Å². The Kier molecular flexibility index (Phi) is 2.25. The zero-order valence-corrected chi connectivity index (χ0v) is 8.85. The second-order valence-corrected chi connectivity index (χ2v) is 4.10. The summed E-state index contributed by atoms with van der Waals surface area (Å²) >= 11 is 1.59. The first-order valence-electron chi connectivity index (χ1n) is 4.33. The molecule has 0 N–H and O–H groups in total. The van der Waals surface area contributed by atoms with Crippen LogP contribution in [0.2, 0.25) is 0 Å². The van der Waals surface area contributed by atoms with E-state index in [1.165, 1.54) is 12.5 Å². The standard InChI is InChI=1S/C11H10O2S/c1-7-3-4-11-9(5-7)10(6-14-11)13-8(2)12/h3-6H,1-2H3. The summed E-state index contributed by atoms with van der Waals surface area (Å²) in [6.45, 7) is 3.44. The summed E-state index contributed by atoms with van der Waals surface area (Å²) in [7, 11) is 0. The van der Waals surface area contributed by atoms with Crippen LogP contribution in [0.1, 0.15) is 12.5 Å². The van der Waals surface area contributed by atoms with Crippen molar-refractivity contribution >= 4 is 27.4 Å². The van der Waals surface area contributed by atoms with E-state index in [-0.39, 0.29) is 5.97 Å². The van der Waals surface area contributed by atoms with E-state index in [0.29, 0.717) is 5.75 Å². The minimum absolute atomic E-state index is 0.272. The second kappa shape index (κ2) is 3.42. The molecule has 0 spiro atoms. The molecule has 0 aliphatic carbocycles. The van der Waals surface area contributed by atoms with Gasteiger partial charge in [0.1, 0.15) is 5.75 Å². The third-order valence-electron chi connectivity index (χ3n) is 1.95. The van der Waals surface area contributed by atoms with Crippen molar-refractivity contribution in [1.82, 2.24) is 0 Å². The lowest BCUT2D eigenvalue weighted by Crippen LogP contribution is -2.00. The van der Waals surface area contributed by atoms with Crippen molar-refractivity contribution in [3.63, 3.8) is 0 Å². The fourth-order valence-electron chi connectivity index (χ4n) is 1.35. The Morgan fingerprint density at radius 3 is 2.93 bits per heavy atom. The van der Waals surface area contributed by atoms with Crippen molar-refractivity contribution < 1.29 is 9.53 Å². The SMILES string of the molecule is CC(=O)Oc1csc2ccc(C)cc12. The van der Waals surface area contributed by atoms with E-state index in [0.717, 1.165) is 10.1 Å². The van der Waals surface area contributed by atoms with Crippen molar-refractivity contribution in [2.45, 2.75) is 13.8 Å². The summed E-state index contributed by atoms with van der Waals surface area (Å²) in [5.41, 5.74) is 1.17. The van der Waals surface area contributed by atoms with Gasteiger partial charge in [-0.3, -0.25) is 4.79 Å². The number of carbonyl (C=O) groups excluding carboxylic acids is 1. The van der Waals surface area contributed by atoms with Gasteiger partial charge in [0.15, 0.2) is 0 Å². The number of fused-ring (bicyclic) bond motifs is 1. The molecule has 2 aromatic rings. The van der Waals surface area contributed by atoms with Gasteiger partial charge in [0.05, 0.1) is 0 Å². The van der Waals surface area contributed by atoms with E-state index in [9.17, 15) is 4.79 Å². The van der Waals surface area contributed by atoms with E-state index in [1.54, 1.807) is 11.3 Å². The van der Waals surface area contributed by atoms with Crippen LogP contribution >= 0.6 is 11.3 Å². The van der Waals surface area contributed by atoms with Crippen LogP contribution in [0.5, 0.6) is 5.75 Å². The first kappa shape index (κ1) is 9.21. The number of hydrogen-bond donors (Lipinski definition) is 0. The molecule has 0 saturated carbocycles. The molecular formula is C11H10O2S. The molecule has 1 aromatic carbocycles. The Hall–Kier alpha value is -1.35. The Bertz CT molecular complexity index is 485. The van der Waals surface area contributed by atoms with Crippen LogP contribution < -0.4 is 4.74 Å². The Labute approximate surface area is 86.1 Å². The van der Waals surface area contributed by atoms with Crippen LogP contribution in [0.3, 0.4) is 0 Å². The quantitative estimate of drug-likeness (QED) is 0.670. The number of esters is 1. The van der Waals surface area contributed by atoms with Gasteiger partial charge in [-0.2, -0.15) is 0 Å². The molecule has 0 aliphatic rings. The predicted molar refractivity (Wildman–Crippen MR) is 57.9 cm³/mol. The maximum Gasteiger partial charge on any atom is 0.308 e. The fraction of sp³-hybridized carbons (Fsp3) is 0.182. The lowest BCUT2D eigenvalue weighted by Gasteiger charge is -1.99. The lowest BCUT2D eigenvalue weighted by atomic mass is 10.2. The number of ether oxygens (including phenoxy) is 1. The normalized spacial score (nSPS) is 10.4. The van der Waals surface area contributed by atoms with E-state index < -0.39 is 0 Å². The average molecular weight is 206 g/mol. The van der Waals surface area contributed by atoms with Crippen LogP contribution in [0, 0.1) is 6.92 Å². The molecule has 0 unspecified atom stereocenters. The first-order valence-corrected chi connectivity index (χ1v) is 5.21. The van der Waals surface area contributed by atoms with Crippen molar-refractivity contribution in [2.75, 3.05) is 0 Å². The molecule has 1 heterocycles. The number of carbonyl (C=O) groups is 1. The molecule has 1 aromatic heterocycles. The second-order valence-electron chi connectivity index (χ2n) is 3.19. The molecule has 0 bridgehead atoms. The maximum atomic E-state index is 10.8. The highest BCUT2D eigenvalue weighted by molar-refractivity contribution is 7.17. The number of aryl methyl sites for hydroxylation is 1. The van der Waals surface area contributed by atoms with Crippen LogP contribution in [-0.4, -0.2) is 5.97 Å². The van der Waals surface area contributed by atoms with Crippen molar-refractivity contribution in [2.24, 2.45) is 0 Å². The van der Waals surface area contributed by atoms with E-state index in [4.69, 9.17) is 4.74 Å². The lowest BCUT2D eigenvalue weighted by molar-refractivity contribution is -0.131. The van der Waals surface area contributed by atoms with Crippen LogP contribution in [0.15, 0.2) is 23.6 Å². The van der Waals surface area contributed by atoms with Gasteiger partial charge < -0.3 is 4.74 Å². The van der Waals surface area contributed by atoms with Gasteiger partial charge >= 0.3 is 5.97 Å². The molecule has 14 heavy (non-hydrogen) atoms. The summed E-state index contributed by atoms with van der Waals surface area (Å²) in [6.07, 6.45) is 0. The van der Waals surface area contributed by atoms with Crippen LogP contribution in [0.4, 0.5) is 0 Å². The molecular weight excluding hydrogens is 196 g/mol. The number of benzene rings is 1. The minimum Gasteiger partial charge on any atom is -0.425 e. The predicted octanol–water partition coefficient (Wildman–Crippen LogP) is 3.14. The highest BCUT2D eigenvalue weighted by atomic mass is 32.1. The largest absolute Gasteiger partial charge is 0.425 e. The molecule has 0 amide bonds. The molecule has 2 nitrogen and oxygen atoms in total. The Balaban J connectivity index is 2.55. The summed E-state index contributed by atoms with van der Waals surface area (Å²) in [5, 5.41) is 2.89. The van der Waals surface area contributed by atoms with Crippen molar-refractivity contribution in [3.05, 3.63) is 29.1 Å². The van der Waals surface area contributed by atoms with Gasteiger partial charge in [-0.1, -0.05) is 11.6 Å². The Morgan fingerprint density at radius 1 is 1.43 bits per heavy atom. The van der Waals surface area contributed by atoms with E-state index in [1.807, 2.05) is 24.4 Å². The fourth-order valence-corrected chi connectivity index (χ4v) is 2.20. The summed E-state index contributed by atoms with van der Waals surface area (Å²) in [6, 6.07) is 6.13. The van der Waals surface area contributed by atoms with Gasteiger partial charge in [0.2, 0.25) is 0 Å². The van der Waals surface area contributed by atoms with Gasteiger partial charge in [0, 0.05) is 22.4 Å². The average Bonchev–Trinajstić information content (AvgIpc) is 2.47.